The summed E-state index contributed by atoms with van der Waals surface area (Å²) in [7, 11) is 7.33. The van der Waals surface area contributed by atoms with Gasteiger partial charge in [-0.25, -0.2) is 14.5 Å². The van der Waals surface area contributed by atoms with Crippen LogP contribution in [0.15, 0.2) is 29.7 Å². The number of fused-ring (bicyclic) bond motifs is 3. The summed E-state index contributed by atoms with van der Waals surface area (Å²) in [6, 6.07) is 5.51. The second-order valence-corrected chi connectivity index (χ2v) is 8.03. The molecule has 0 N–H and O–H groups in total. The van der Waals surface area contributed by atoms with Crippen LogP contribution in [0.25, 0.3) is 16.7 Å². The van der Waals surface area contributed by atoms with Gasteiger partial charge in [0.15, 0.2) is 29.6 Å². The van der Waals surface area contributed by atoms with Crippen LogP contribution in [0.1, 0.15) is 22.6 Å². The van der Waals surface area contributed by atoms with Crippen LogP contribution in [0.2, 0.25) is 0 Å². The van der Waals surface area contributed by atoms with E-state index >= 15 is 0 Å². The van der Waals surface area contributed by atoms with Gasteiger partial charge in [-0.2, -0.15) is 0 Å². The number of hydrogen-bond acceptors (Lipinski definition) is 8. The minimum absolute atomic E-state index is 0.145. The number of hydrogen-bond donors (Lipinski definition) is 0. The third-order valence-electron chi connectivity index (χ3n) is 5.64. The predicted octanol–water partition coefficient (Wildman–Crippen LogP) is 2.83. The number of rotatable bonds is 9. The van der Waals surface area contributed by atoms with E-state index in [4.69, 9.17) is 19.3 Å². The van der Waals surface area contributed by atoms with Gasteiger partial charge < -0.3 is 23.8 Å². The molecule has 0 fully saturated rings. The molecule has 0 unspecified atom stereocenters. The third kappa shape index (κ3) is 4.47. The van der Waals surface area contributed by atoms with Crippen molar-refractivity contribution in [1.82, 2.24) is 29.0 Å². The topological polar surface area (TPSA) is 91.3 Å². The summed E-state index contributed by atoms with van der Waals surface area (Å²) in [5, 5.41) is 9.56. The highest BCUT2D eigenvalue weighted by molar-refractivity contribution is 5.93. The van der Waals surface area contributed by atoms with Gasteiger partial charge in [0.2, 0.25) is 0 Å². The van der Waals surface area contributed by atoms with E-state index in [-0.39, 0.29) is 6.61 Å². The maximum absolute atomic E-state index is 5.45. The molecule has 10 nitrogen and oxygen atoms in total. The van der Waals surface area contributed by atoms with E-state index < -0.39 is 0 Å². The lowest BCUT2D eigenvalue weighted by Crippen LogP contribution is -2.19. The summed E-state index contributed by atoms with van der Waals surface area (Å²) < 4.78 is 14.5. The Morgan fingerprint density at radius 2 is 1.88 bits per heavy atom. The molecule has 4 rings (SSSR count). The summed E-state index contributed by atoms with van der Waals surface area (Å²) in [5.74, 6) is 1.82. The first-order valence-corrected chi connectivity index (χ1v) is 10.6. The molecule has 0 radical (unpaired) electrons. The molecule has 33 heavy (non-hydrogen) atoms. The van der Waals surface area contributed by atoms with E-state index in [0.29, 0.717) is 17.3 Å². The van der Waals surface area contributed by atoms with E-state index in [1.165, 1.54) is 5.69 Å². The SMILES string of the molecule is COc1ccc(/C=N\OCc2nc3c4c(C)c(C)n(CCN(C)C)c4ncn3n2)cc1OC. The van der Waals surface area contributed by atoms with Crippen LogP contribution >= 0.6 is 0 Å². The Bertz CT molecular complexity index is 1310. The van der Waals surface area contributed by atoms with Crippen LogP contribution in [0, 0.1) is 13.8 Å². The fraction of sp³-hybridized carbons (Fsp3) is 0.391. The van der Waals surface area contributed by atoms with Crippen molar-refractivity contribution < 1.29 is 14.3 Å². The molecule has 0 aliphatic heterocycles. The Hall–Kier alpha value is -3.66. The van der Waals surface area contributed by atoms with E-state index in [1.54, 1.807) is 31.3 Å². The van der Waals surface area contributed by atoms with Gasteiger partial charge in [-0.3, -0.25) is 0 Å². The maximum Gasteiger partial charge on any atom is 0.192 e. The molecular weight excluding hydrogens is 422 g/mol. The molecule has 4 aromatic rings. The van der Waals surface area contributed by atoms with Crippen molar-refractivity contribution in [1.29, 1.82) is 0 Å². The fourth-order valence-electron chi connectivity index (χ4n) is 3.74. The highest BCUT2D eigenvalue weighted by Crippen LogP contribution is 2.28. The summed E-state index contributed by atoms with van der Waals surface area (Å²) in [6.45, 7) is 6.16. The van der Waals surface area contributed by atoms with E-state index in [1.807, 2.05) is 18.2 Å². The zero-order valence-corrected chi connectivity index (χ0v) is 19.9. The molecule has 10 heteroatoms. The number of aromatic nitrogens is 5. The summed E-state index contributed by atoms with van der Waals surface area (Å²) in [6.07, 6.45) is 3.31. The van der Waals surface area contributed by atoms with Gasteiger partial charge in [0.1, 0.15) is 12.0 Å². The third-order valence-corrected chi connectivity index (χ3v) is 5.64. The summed E-state index contributed by atoms with van der Waals surface area (Å²) in [4.78, 5) is 17.0. The molecular formula is C23H29N7O3. The molecule has 174 valence electrons. The lowest BCUT2D eigenvalue weighted by molar-refractivity contribution is 0.126. The number of nitrogens with zero attached hydrogens (tertiary/aromatic N) is 7. The first-order valence-electron chi connectivity index (χ1n) is 10.6. The van der Waals surface area contributed by atoms with Gasteiger partial charge in [-0.1, -0.05) is 5.16 Å². The van der Waals surface area contributed by atoms with Crippen molar-refractivity contribution in [2.45, 2.75) is 27.0 Å². The largest absolute Gasteiger partial charge is 0.493 e. The number of methoxy groups -OCH3 is 2. The molecule has 3 aromatic heterocycles. The van der Waals surface area contributed by atoms with E-state index in [0.717, 1.165) is 40.9 Å². The van der Waals surface area contributed by atoms with Crippen LogP contribution in [0.4, 0.5) is 0 Å². The first-order chi connectivity index (χ1) is 15.9. The second kappa shape index (κ2) is 9.45. The minimum Gasteiger partial charge on any atom is -0.493 e. The Kier molecular flexibility index (Phi) is 6.45. The van der Waals surface area contributed by atoms with Crippen molar-refractivity contribution in [3.8, 4) is 11.5 Å². The average molecular weight is 452 g/mol. The number of aryl methyl sites for hydroxylation is 1. The average Bonchev–Trinajstić information content (AvgIpc) is 3.33. The van der Waals surface area contributed by atoms with Crippen molar-refractivity contribution in [2.75, 3.05) is 34.9 Å². The Labute approximate surface area is 192 Å². The van der Waals surface area contributed by atoms with E-state index in [9.17, 15) is 0 Å². The highest BCUT2D eigenvalue weighted by Gasteiger charge is 2.18. The smallest absolute Gasteiger partial charge is 0.192 e. The molecule has 0 saturated carbocycles. The number of ether oxygens (including phenoxy) is 2. The number of likely N-dealkylation sites (N-methyl/N-ethyl adjacent to an activating group) is 1. The van der Waals surface area contributed by atoms with Gasteiger partial charge in [-0.15, -0.1) is 5.10 Å². The lowest BCUT2D eigenvalue weighted by atomic mass is 10.2. The lowest BCUT2D eigenvalue weighted by Gasteiger charge is -2.12. The van der Waals surface area contributed by atoms with E-state index in [2.05, 4.69) is 52.6 Å². The van der Waals surface area contributed by atoms with Gasteiger partial charge in [0.05, 0.1) is 25.8 Å². The molecule has 0 spiro atoms. The second-order valence-electron chi connectivity index (χ2n) is 8.03. The zero-order chi connectivity index (χ0) is 23.5. The quantitative estimate of drug-likeness (QED) is 0.285. The number of oxime groups is 1. The van der Waals surface area contributed by atoms with Crippen molar-refractivity contribution in [3.05, 3.63) is 47.2 Å². The van der Waals surface area contributed by atoms with Gasteiger partial charge in [-0.05, 0) is 51.7 Å². The van der Waals surface area contributed by atoms with Crippen molar-refractivity contribution in [3.63, 3.8) is 0 Å². The van der Waals surface area contributed by atoms with Gasteiger partial charge in [0, 0.05) is 24.3 Å². The highest BCUT2D eigenvalue weighted by atomic mass is 16.6. The predicted molar refractivity (Wildman–Crippen MR) is 126 cm³/mol. The molecule has 0 bridgehead atoms. The molecule has 0 atom stereocenters. The van der Waals surface area contributed by atoms with Crippen LogP contribution in [-0.2, 0) is 18.0 Å². The first kappa shape index (κ1) is 22.5. The van der Waals surface area contributed by atoms with Crippen LogP contribution in [-0.4, -0.2) is 70.1 Å². The standard InChI is InChI=1S/C23H29N7O3/c1-15-16(2)29(10-9-28(3)4)22-21(15)23-26-20(27-30(23)14-24-22)13-33-25-12-17-7-8-18(31-5)19(11-17)32-6/h7-8,11-12,14H,9-10,13H2,1-6H3/b25-12-. The van der Waals surface area contributed by atoms with Gasteiger partial charge in [0.25, 0.3) is 0 Å². The van der Waals surface area contributed by atoms with Crippen molar-refractivity contribution >= 4 is 22.9 Å². The Balaban J connectivity index is 1.53. The van der Waals surface area contributed by atoms with Crippen LogP contribution in [0.3, 0.4) is 0 Å². The maximum atomic E-state index is 5.45. The van der Waals surface area contributed by atoms with Crippen LogP contribution in [0.5, 0.6) is 11.5 Å². The molecule has 0 aliphatic rings. The molecule has 3 heterocycles. The zero-order valence-electron chi connectivity index (χ0n) is 19.9. The minimum atomic E-state index is 0.145. The normalized spacial score (nSPS) is 11.8. The number of benzene rings is 1. The molecule has 0 saturated heterocycles. The monoisotopic (exact) mass is 451 g/mol. The fourth-order valence-corrected chi connectivity index (χ4v) is 3.74. The van der Waals surface area contributed by atoms with Crippen molar-refractivity contribution in [2.24, 2.45) is 5.16 Å². The molecule has 0 aliphatic carbocycles. The van der Waals surface area contributed by atoms with Crippen LogP contribution < -0.4 is 9.47 Å². The molecule has 0 amide bonds. The van der Waals surface area contributed by atoms with Gasteiger partial charge >= 0.3 is 0 Å². The Morgan fingerprint density at radius 1 is 1.09 bits per heavy atom. The summed E-state index contributed by atoms with van der Waals surface area (Å²) in [5.41, 5.74) is 4.87. The summed E-state index contributed by atoms with van der Waals surface area (Å²) >= 11 is 0. The molecule has 1 aromatic carbocycles. The Morgan fingerprint density at radius 3 is 2.61 bits per heavy atom.